The molecule has 2 aromatic rings. The quantitative estimate of drug-likeness (QED) is 0.864. The van der Waals surface area contributed by atoms with E-state index >= 15 is 0 Å². The van der Waals surface area contributed by atoms with E-state index in [4.69, 9.17) is 9.26 Å². The lowest BCUT2D eigenvalue weighted by Crippen LogP contribution is -2.44. The van der Waals surface area contributed by atoms with Gasteiger partial charge in [0.15, 0.2) is 5.76 Å². The van der Waals surface area contributed by atoms with Gasteiger partial charge < -0.3 is 19.5 Å². The number of hydrogen-bond donors (Lipinski definition) is 1. The number of piperidine rings is 1. The molecule has 27 heavy (non-hydrogen) atoms. The van der Waals surface area contributed by atoms with Crippen LogP contribution in [0.15, 0.2) is 35.0 Å². The molecule has 4 heterocycles. The van der Waals surface area contributed by atoms with Gasteiger partial charge in [0.1, 0.15) is 5.69 Å². The zero-order chi connectivity index (χ0) is 18.5. The molecule has 7 heteroatoms. The lowest BCUT2D eigenvalue weighted by molar-refractivity contribution is -0.136. The number of hydrogen-bond acceptors (Lipinski definition) is 6. The molecule has 2 saturated heterocycles. The summed E-state index contributed by atoms with van der Waals surface area (Å²) in [5.74, 6) is 1.70. The fraction of sp³-hybridized carbons (Fsp3) is 0.550. The van der Waals surface area contributed by atoms with Crippen LogP contribution in [0.25, 0.3) is 11.5 Å². The molecule has 2 aromatic heterocycles. The first-order valence-electron chi connectivity index (χ1n) is 9.73. The van der Waals surface area contributed by atoms with Gasteiger partial charge in [-0.3, -0.25) is 9.78 Å². The maximum Gasteiger partial charge on any atom is 0.223 e. The molecule has 144 valence electrons. The predicted molar refractivity (Wildman–Crippen MR) is 99.9 cm³/mol. The summed E-state index contributed by atoms with van der Waals surface area (Å²) in [7, 11) is 0. The second-order valence-electron chi connectivity index (χ2n) is 7.31. The van der Waals surface area contributed by atoms with Crippen LogP contribution in [0.1, 0.15) is 18.5 Å². The number of morpholine rings is 1. The average molecular weight is 370 g/mol. The Labute approximate surface area is 159 Å². The molecule has 0 radical (unpaired) electrons. The highest BCUT2D eigenvalue weighted by molar-refractivity contribution is 5.76. The van der Waals surface area contributed by atoms with Crippen molar-refractivity contribution in [1.29, 1.82) is 0 Å². The van der Waals surface area contributed by atoms with Gasteiger partial charge in [0.05, 0.1) is 18.9 Å². The zero-order valence-electron chi connectivity index (χ0n) is 15.5. The fourth-order valence-electron chi connectivity index (χ4n) is 3.96. The van der Waals surface area contributed by atoms with Gasteiger partial charge in [-0.15, -0.1) is 0 Å². The Hall–Kier alpha value is -2.25. The van der Waals surface area contributed by atoms with Crippen molar-refractivity contribution in [1.82, 2.24) is 20.4 Å². The number of aromatic nitrogens is 2. The second-order valence-corrected chi connectivity index (χ2v) is 7.31. The summed E-state index contributed by atoms with van der Waals surface area (Å²) in [6.07, 6.45) is 4.18. The molecule has 0 aromatic carbocycles. The molecule has 1 amide bonds. The Bertz CT molecular complexity index is 743. The number of amides is 1. The zero-order valence-corrected chi connectivity index (χ0v) is 15.5. The highest BCUT2D eigenvalue weighted by atomic mass is 16.5. The summed E-state index contributed by atoms with van der Waals surface area (Å²) in [5, 5.41) is 7.70. The molecular weight excluding hydrogens is 344 g/mol. The number of nitrogens with one attached hydrogen (secondary N) is 1. The second kappa shape index (κ2) is 8.63. The molecule has 4 rings (SSSR count). The van der Waals surface area contributed by atoms with Gasteiger partial charge in [-0.2, -0.15) is 0 Å². The van der Waals surface area contributed by atoms with Gasteiger partial charge in [0, 0.05) is 31.8 Å². The summed E-state index contributed by atoms with van der Waals surface area (Å²) in [4.78, 5) is 18.9. The number of nitrogens with zero attached hydrogens (tertiary/aromatic N) is 3. The van der Waals surface area contributed by atoms with Crippen molar-refractivity contribution < 1.29 is 14.1 Å². The number of carbonyl (C=O) groups excluding carboxylic acids is 1. The number of rotatable bonds is 5. The highest BCUT2D eigenvalue weighted by Crippen LogP contribution is 2.28. The van der Waals surface area contributed by atoms with Crippen molar-refractivity contribution in [3.8, 4) is 11.5 Å². The minimum atomic E-state index is 0.254. The van der Waals surface area contributed by atoms with Crippen LogP contribution in [0.5, 0.6) is 0 Å². The van der Waals surface area contributed by atoms with Gasteiger partial charge in [0.25, 0.3) is 0 Å². The standard InChI is InChI=1S/C20H26N4O3/c25-20(24-7-9-26-10-8-24)12-15-4-6-21-14-16(15)11-17-13-19(27-23-17)18-3-1-2-5-22-18/h1-3,5,13,15-16,21H,4,6-12,14H2/t15-,16+/m0/s1. The van der Waals surface area contributed by atoms with E-state index in [0.717, 1.165) is 37.3 Å². The topological polar surface area (TPSA) is 80.5 Å². The van der Waals surface area contributed by atoms with Crippen LogP contribution < -0.4 is 5.32 Å². The van der Waals surface area contributed by atoms with Crippen LogP contribution in [0.2, 0.25) is 0 Å². The Morgan fingerprint density at radius 3 is 2.96 bits per heavy atom. The van der Waals surface area contributed by atoms with Gasteiger partial charge >= 0.3 is 0 Å². The van der Waals surface area contributed by atoms with Crippen molar-refractivity contribution in [2.24, 2.45) is 11.8 Å². The summed E-state index contributed by atoms with van der Waals surface area (Å²) in [6.45, 7) is 4.60. The Morgan fingerprint density at radius 1 is 1.26 bits per heavy atom. The van der Waals surface area contributed by atoms with Crippen LogP contribution in [-0.2, 0) is 16.0 Å². The Morgan fingerprint density at radius 2 is 2.15 bits per heavy atom. The SMILES string of the molecule is O=C(C[C@@H]1CCNC[C@H]1Cc1cc(-c2ccccn2)on1)N1CCOCC1. The normalized spacial score (nSPS) is 23.3. The van der Waals surface area contributed by atoms with Crippen LogP contribution in [0, 0.1) is 11.8 Å². The summed E-state index contributed by atoms with van der Waals surface area (Å²) < 4.78 is 10.8. The first-order chi connectivity index (χ1) is 13.3. The third kappa shape index (κ3) is 4.54. The van der Waals surface area contributed by atoms with Gasteiger partial charge in [0.2, 0.25) is 5.91 Å². The van der Waals surface area contributed by atoms with Crippen molar-refractivity contribution in [3.05, 3.63) is 36.2 Å². The maximum absolute atomic E-state index is 12.7. The third-order valence-electron chi connectivity index (χ3n) is 5.51. The lowest BCUT2D eigenvalue weighted by atomic mass is 9.81. The molecule has 0 aliphatic carbocycles. The summed E-state index contributed by atoms with van der Waals surface area (Å²) in [5.41, 5.74) is 1.71. The number of carbonyl (C=O) groups is 1. The minimum absolute atomic E-state index is 0.254. The van der Waals surface area contributed by atoms with E-state index in [1.54, 1.807) is 6.20 Å². The monoisotopic (exact) mass is 370 g/mol. The first kappa shape index (κ1) is 18.1. The minimum Gasteiger partial charge on any atom is -0.378 e. The predicted octanol–water partition coefficient (Wildman–Crippen LogP) is 1.75. The lowest BCUT2D eigenvalue weighted by Gasteiger charge is -2.34. The molecule has 0 spiro atoms. The molecular formula is C20H26N4O3. The smallest absolute Gasteiger partial charge is 0.223 e. The van der Waals surface area contributed by atoms with E-state index in [1.165, 1.54) is 0 Å². The largest absolute Gasteiger partial charge is 0.378 e. The van der Waals surface area contributed by atoms with E-state index in [0.29, 0.717) is 50.3 Å². The molecule has 1 N–H and O–H groups in total. The van der Waals surface area contributed by atoms with E-state index < -0.39 is 0 Å². The first-order valence-corrected chi connectivity index (χ1v) is 9.73. The number of pyridine rings is 1. The molecule has 2 aliphatic rings. The molecule has 0 unspecified atom stereocenters. The van der Waals surface area contributed by atoms with E-state index in [1.807, 2.05) is 29.2 Å². The Kier molecular flexibility index (Phi) is 5.79. The molecule has 2 aliphatic heterocycles. The molecule has 2 fully saturated rings. The van der Waals surface area contributed by atoms with Gasteiger partial charge in [-0.05, 0) is 49.9 Å². The summed E-state index contributed by atoms with van der Waals surface area (Å²) in [6, 6.07) is 7.70. The highest BCUT2D eigenvalue weighted by Gasteiger charge is 2.30. The van der Waals surface area contributed by atoms with Crippen molar-refractivity contribution in [2.75, 3.05) is 39.4 Å². The summed E-state index contributed by atoms with van der Waals surface area (Å²) >= 11 is 0. The fourth-order valence-corrected chi connectivity index (χ4v) is 3.96. The third-order valence-corrected chi connectivity index (χ3v) is 5.51. The van der Waals surface area contributed by atoms with Gasteiger partial charge in [-0.1, -0.05) is 11.2 Å². The van der Waals surface area contributed by atoms with E-state index in [9.17, 15) is 4.79 Å². The Balaban J connectivity index is 1.39. The van der Waals surface area contributed by atoms with E-state index in [2.05, 4.69) is 15.5 Å². The number of ether oxygens (including phenoxy) is 1. The van der Waals surface area contributed by atoms with Crippen molar-refractivity contribution in [3.63, 3.8) is 0 Å². The van der Waals surface area contributed by atoms with Gasteiger partial charge in [-0.25, -0.2) is 0 Å². The van der Waals surface area contributed by atoms with E-state index in [-0.39, 0.29) is 5.91 Å². The van der Waals surface area contributed by atoms with Crippen molar-refractivity contribution >= 4 is 5.91 Å². The van der Waals surface area contributed by atoms with Crippen LogP contribution in [-0.4, -0.2) is 60.3 Å². The van der Waals surface area contributed by atoms with Crippen molar-refractivity contribution in [2.45, 2.75) is 19.3 Å². The average Bonchev–Trinajstić information content (AvgIpc) is 3.19. The van der Waals surface area contributed by atoms with Crippen LogP contribution in [0.4, 0.5) is 0 Å². The molecule has 7 nitrogen and oxygen atoms in total. The molecule has 2 atom stereocenters. The maximum atomic E-state index is 12.7. The van der Waals surface area contributed by atoms with Crippen LogP contribution in [0.3, 0.4) is 0 Å². The van der Waals surface area contributed by atoms with Crippen LogP contribution >= 0.6 is 0 Å². The molecule has 0 bridgehead atoms. The molecule has 0 saturated carbocycles.